The van der Waals surface area contributed by atoms with Crippen LogP contribution in [0.15, 0.2) is 52.7 Å². The van der Waals surface area contributed by atoms with Gasteiger partial charge in [-0.15, -0.1) is 23.1 Å². The van der Waals surface area contributed by atoms with Crippen LogP contribution in [-0.4, -0.2) is 22.6 Å². The summed E-state index contributed by atoms with van der Waals surface area (Å²) >= 11 is 14.9. The number of halogens is 2. The van der Waals surface area contributed by atoms with E-state index in [1.54, 1.807) is 18.2 Å². The topological polar surface area (TPSA) is 71.1 Å². The summed E-state index contributed by atoms with van der Waals surface area (Å²) in [6.07, 6.45) is 1.28. The Bertz CT molecular complexity index is 1060. The molecule has 3 aromatic rings. The van der Waals surface area contributed by atoms with E-state index in [4.69, 9.17) is 23.2 Å². The molecule has 0 aliphatic carbocycles. The summed E-state index contributed by atoms with van der Waals surface area (Å²) in [7, 11) is 0. The summed E-state index contributed by atoms with van der Waals surface area (Å²) in [5, 5.41) is 9.06. The van der Waals surface area contributed by atoms with E-state index in [2.05, 4.69) is 15.6 Å². The number of nitrogens with one attached hydrogen (secondary N) is 2. The molecule has 0 fully saturated rings. The molecule has 2 amide bonds. The minimum atomic E-state index is -0.163. The summed E-state index contributed by atoms with van der Waals surface area (Å²) in [6, 6.07) is 12.6. The number of aromatic nitrogens is 1. The number of benzene rings is 2. The minimum absolute atomic E-state index is 0.0160. The summed E-state index contributed by atoms with van der Waals surface area (Å²) in [4.78, 5) is 29.4. The molecule has 30 heavy (non-hydrogen) atoms. The van der Waals surface area contributed by atoms with Gasteiger partial charge in [0.05, 0.1) is 16.5 Å². The first-order chi connectivity index (χ1) is 14.4. The summed E-state index contributed by atoms with van der Waals surface area (Å²) in [5.74, 6) is 0.0458. The van der Waals surface area contributed by atoms with Gasteiger partial charge in [0.25, 0.3) is 0 Å². The fourth-order valence-corrected chi connectivity index (χ4v) is 4.56. The number of amides is 2. The molecule has 9 heteroatoms. The SMILES string of the molecule is CCCC(=O)Nc1cccc(SCC(=O)Nc2nc(-c3ccc(Cl)cc3Cl)cs2)c1. The Morgan fingerprint density at radius 3 is 2.70 bits per heavy atom. The Kier molecular flexibility index (Phi) is 8.16. The fraction of sp³-hybridized carbons (Fsp3) is 0.190. The fourth-order valence-electron chi connectivity index (χ4n) is 2.57. The van der Waals surface area contributed by atoms with Gasteiger partial charge in [0.15, 0.2) is 5.13 Å². The second-order valence-corrected chi connectivity index (χ2v) is 9.08. The van der Waals surface area contributed by atoms with Crippen molar-refractivity contribution in [3.8, 4) is 11.3 Å². The van der Waals surface area contributed by atoms with E-state index >= 15 is 0 Å². The third-order valence-corrected chi connectivity index (χ3v) is 6.22. The highest BCUT2D eigenvalue weighted by atomic mass is 35.5. The second kappa shape index (κ2) is 10.8. The van der Waals surface area contributed by atoms with Gasteiger partial charge in [0, 0.05) is 33.0 Å². The Balaban J connectivity index is 1.55. The molecule has 2 N–H and O–H groups in total. The molecular weight excluding hydrogens is 461 g/mol. The van der Waals surface area contributed by atoms with Crippen LogP contribution in [0.3, 0.4) is 0 Å². The van der Waals surface area contributed by atoms with Gasteiger partial charge in [-0.05, 0) is 42.8 Å². The number of carbonyl (C=O) groups excluding carboxylic acids is 2. The van der Waals surface area contributed by atoms with Crippen molar-refractivity contribution >= 4 is 68.9 Å². The normalized spacial score (nSPS) is 10.6. The van der Waals surface area contributed by atoms with E-state index in [0.29, 0.717) is 27.3 Å². The number of rotatable bonds is 8. The van der Waals surface area contributed by atoms with Crippen LogP contribution >= 0.6 is 46.3 Å². The third kappa shape index (κ3) is 6.47. The maximum Gasteiger partial charge on any atom is 0.236 e. The van der Waals surface area contributed by atoms with Gasteiger partial charge in [0.2, 0.25) is 11.8 Å². The van der Waals surface area contributed by atoms with Gasteiger partial charge >= 0.3 is 0 Å². The van der Waals surface area contributed by atoms with Crippen molar-refractivity contribution in [3.63, 3.8) is 0 Å². The van der Waals surface area contributed by atoms with Gasteiger partial charge in [0.1, 0.15) is 0 Å². The molecule has 2 aromatic carbocycles. The summed E-state index contributed by atoms with van der Waals surface area (Å²) in [6.45, 7) is 1.96. The average Bonchev–Trinajstić information content (AvgIpc) is 3.15. The van der Waals surface area contributed by atoms with Crippen molar-refractivity contribution in [1.82, 2.24) is 4.98 Å². The number of hydrogen-bond donors (Lipinski definition) is 2. The Morgan fingerprint density at radius 1 is 1.10 bits per heavy atom. The molecule has 1 heterocycles. The van der Waals surface area contributed by atoms with Crippen LogP contribution in [0.25, 0.3) is 11.3 Å². The quantitative estimate of drug-likeness (QED) is 0.357. The van der Waals surface area contributed by atoms with Gasteiger partial charge in [-0.25, -0.2) is 4.98 Å². The minimum Gasteiger partial charge on any atom is -0.326 e. The van der Waals surface area contributed by atoms with E-state index in [1.165, 1.54) is 23.1 Å². The maximum atomic E-state index is 12.3. The van der Waals surface area contributed by atoms with Crippen molar-refractivity contribution in [1.29, 1.82) is 0 Å². The summed E-state index contributed by atoms with van der Waals surface area (Å²) < 4.78 is 0. The molecule has 0 saturated carbocycles. The molecule has 0 unspecified atom stereocenters. The predicted octanol–water partition coefficient (Wildman–Crippen LogP) is 6.59. The zero-order chi connectivity index (χ0) is 21.5. The van der Waals surface area contributed by atoms with Crippen molar-refractivity contribution in [2.45, 2.75) is 24.7 Å². The largest absolute Gasteiger partial charge is 0.326 e. The number of hydrogen-bond acceptors (Lipinski definition) is 5. The van der Waals surface area contributed by atoms with Crippen molar-refractivity contribution in [3.05, 3.63) is 57.9 Å². The highest BCUT2D eigenvalue weighted by Gasteiger charge is 2.11. The van der Waals surface area contributed by atoms with Gasteiger partial charge in [-0.1, -0.05) is 36.2 Å². The Hall–Kier alpha value is -2.06. The van der Waals surface area contributed by atoms with E-state index < -0.39 is 0 Å². The van der Waals surface area contributed by atoms with E-state index in [1.807, 2.05) is 36.6 Å². The highest BCUT2D eigenvalue weighted by molar-refractivity contribution is 8.00. The van der Waals surface area contributed by atoms with Crippen LogP contribution in [0.4, 0.5) is 10.8 Å². The lowest BCUT2D eigenvalue weighted by Gasteiger charge is -2.07. The van der Waals surface area contributed by atoms with Crippen LogP contribution in [0.2, 0.25) is 10.0 Å². The molecule has 0 aliphatic heterocycles. The van der Waals surface area contributed by atoms with Crippen LogP contribution < -0.4 is 10.6 Å². The third-order valence-electron chi connectivity index (χ3n) is 3.92. The molecule has 0 bridgehead atoms. The average molecular weight is 480 g/mol. The molecule has 0 spiro atoms. The van der Waals surface area contributed by atoms with Gasteiger partial charge < -0.3 is 10.6 Å². The smallest absolute Gasteiger partial charge is 0.236 e. The number of thiazole rings is 1. The lowest BCUT2D eigenvalue weighted by atomic mass is 10.2. The monoisotopic (exact) mass is 479 g/mol. The van der Waals surface area contributed by atoms with E-state index in [9.17, 15) is 9.59 Å². The number of anilines is 2. The van der Waals surface area contributed by atoms with Crippen LogP contribution in [0, 0.1) is 0 Å². The number of thioether (sulfide) groups is 1. The molecule has 0 atom stereocenters. The first-order valence-corrected chi connectivity index (χ1v) is 11.8. The van der Waals surface area contributed by atoms with Crippen LogP contribution in [-0.2, 0) is 9.59 Å². The number of nitrogens with zero attached hydrogens (tertiary/aromatic N) is 1. The van der Waals surface area contributed by atoms with Crippen molar-refractivity contribution in [2.75, 3.05) is 16.4 Å². The zero-order valence-electron chi connectivity index (χ0n) is 16.1. The van der Waals surface area contributed by atoms with E-state index in [-0.39, 0.29) is 17.6 Å². The van der Waals surface area contributed by atoms with Gasteiger partial charge in [-0.3, -0.25) is 9.59 Å². The molecule has 1 aromatic heterocycles. The summed E-state index contributed by atoms with van der Waals surface area (Å²) in [5.41, 5.74) is 2.16. The zero-order valence-corrected chi connectivity index (χ0v) is 19.2. The molecule has 5 nitrogen and oxygen atoms in total. The van der Waals surface area contributed by atoms with Crippen molar-refractivity contribution in [2.24, 2.45) is 0 Å². The predicted molar refractivity (Wildman–Crippen MR) is 127 cm³/mol. The Morgan fingerprint density at radius 2 is 1.93 bits per heavy atom. The number of carbonyl (C=O) groups is 2. The lowest BCUT2D eigenvalue weighted by Crippen LogP contribution is -2.14. The van der Waals surface area contributed by atoms with E-state index in [0.717, 1.165) is 22.6 Å². The van der Waals surface area contributed by atoms with Crippen LogP contribution in [0.5, 0.6) is 0 Å². The molecule has 0 saturated heterocycles. The second-order valence-electron chi connectivity index (χ2n) is 6.32. The molecule has 0 radical (unpaired) electrons. The molecule has 3 rings (SSSR count). The lowest BCUT2D eigenvalue weighted by molar-refractivity contribution is -0.116. The maximum absolute atomic E-state index is 12.3. The standard InChI is InChI=1S/C21H19Cl2N3O2S2/c1-2-4-19(27)24-14-5-3-6-15(10-14)29-12-20(28)26-21-25-18(11-30-21)16-8-7-13(22)9-17(16)23/h3,5-11H,2,4,12H2,1H3,(H,24,27)(H,25,26,28). The molecule has 0 aliphatic rings. The molecular formula is C21H19Cl2N3O2S2. The first-order valence-electron chi connectivity index (χ1n) is 9.18. The molecule has 156 valence electrons. The van der Waals surface area contributed by atoms with Gasteiger partial charge in [-0.2, -0.15) is 0 Å². The van der Waals surface area contributed by atoms with Crippen molar-refractivity contribution < 1.29 is 9.59 Å². The first kappa shape index (κ1) is 22.6. The highest BCUT2D eigenvalue weighted by Crippen LogP contribution is 2.32. The Labute approximate surface area is 193 Å². The van der Waals surface area contributed by atoms with Crippen LogP contribution in [0.1, 0.15) is 19.8 Å².